The van der Waals surface area contributed by atoms with Gasteiger partial charge in [0.15, 0.2) is 0 Å². The van der Waals surface area contributed by atoms with E-state index >= 15 is 0 Å². The summed E-state index contributed by atoms with van der Waals surface area (Å²) in [5, 5.41) is 3.53. The van der Waals surface area contributed by atoms with Crippen LogP contribution in [-0.4, -0.2) is 26.3 Å². The molecule has 1 aromatic rings. The van der Waals surface area contributed by atoms with Crippen LogP contribution in [0.2, 0.25) is 0 Å². The van der Waals surface area contributed by atoms with Crippen molar-refractivity contribution in [3.63, 3.8) is 0 Å². The van der Waals surface area contributed by atoms with Crippen molar-refractivity contribution >= 4 is 0 Å². The number of piperidine rings is 1. The Labute approximate surface area is 107 Å². The minimum absolute atomic E-state index is 0.658. The Morgan fingerprint density at radius 2 is 1.78 bits per heavy atom. The van der Waals surface area contributed by atoms with Crippen LogP contribution in [0.5, 0.6) is 11.5 Å². The molecule has 3 aliphatic rings. The standard InChI is InChI=1S/C15H19NO2/c1-2-10(9-16-5-1)15-11-3-6-17-13(11)8-14-12(15)4-7-18-14/h8,10,16H,1-7,9H2/t10-/m1/s1. The van der Waals surface area contributed by atoms with Crippen LogP contribution < -0.4 is 14.8 Å². The van der Waals surface area contributed by atoms with Crippen LogP contribution in [0.15, 0.2) is 6.07 Å². The topological polar surface area (TPSA) is 30.5 Å². The number of nitrogens with one attached hydrogen (secondary N) is 1. The molecule has 0 aromatic heterocycles. The zero-order chi connectivity index (χ0) is 11.9. The molecule has 0 amide bonds. The van der Waals surface area contributed by atoms with E-state index in [0.717, 1.165) is 44.1 Å². The highest BCUT2D eigenvalue weighted by Gasteiger charge is 2.30. The summed E-state index contributed by atoms with van der Waals surface area (Å²) >= 11 is 0. The van der Waals surface area contributed by atoms with E-state index in [1.165, 1.54) is 30.5 Å². The van der Waals surface area contributed by atoms with E-state index in [1.54, 1.807) is 5.56 Å². The lowest BCUT2D eigenvalue weighted by Crippen LogP contribution is -2.29. The molecular formula is C15H19NO2. The molecule has 3 nitrogen and oxygen atoms in total. The largest absolute Gasteiger partial charge is 0.493 e. The quantitative estimate of drug-likeness (QED) is 0.821. The maximum atomic E-state index is 5.75. The summed E-state index contributed by atoms with van der Waals surface area (Å²) in [6, 6.07) is 2.12. The highest BCUT2D eigenvalue weighted by Crippen LogP contribution is 2.44. The van der Waals surface area contributed by atoms with E-state index in [2.05, 4.69) is 11.4 Å². The minimum Gasteiger partial charge on any atom is -0.493 e. The molecule has 3 heterocycles. The first-order valence-electron chi connectivity index (χ1n) is 7.08. The third-order valence-electron chi connectivity index (χ3n) is 4.43. The van der Waals surface area contributed by atoms with Crippen molar-refractivity contribution in [1.29, 1.82) is 0 Å². The van der Waals surface area contributed by atoms with E-state index in [4.69, 9.17) is 9.47 Å². The van der Waals surface area contributed by atoms with Crippen LogP contribution in [0.1, 0.15) is 35.4 Å². The Balaban J connectivity index is 1.84. The van der Waals surface area contributed by atoms with E-state index in [-0.39, 0.29) is 0 Å². The third-order valence-corrected chi connectivity index (χ3v) is 4.43. The average molecular weight is 245 g/mol. The van der Waals surface area contributed by atoms with E-state index in [1.807, 2.05) is 0 Å². The molecule has 4 rings (SSSR count). The molecule has 3 heteroatoms. The van der Waals surface area contributed by atoms with E-state index in [0.29, 0.717) is 5.92 Å². The lowest BCUT2D eigenvalue weighted by Gasteiger charge is -2.26. The minimum atomic E-state index is 0.658. The molecule has 1 saturated heterocycles. The fourth-order valence-electron chi connectivity index (χ4n) is 3.63. The first kappa shape index (κ1) is 10.7. The van der Waals surface area contributed by atoms with E-state index in [9.17, 15) is 0 Å². The van der Waals surface area contributed by atoms with Crippen molar-refractivity contribution in [3.8, 4) is 11.5 Å². The van der Waals surface area contributed by atoms with Gasteiger partial charge in [-0.25, -0.2) is 0 Å². The van der Waals surface area contributed by atoms with Crippen molar-refractivity contribution in [3.05, 3.63) is 22.8 Å². The Morgan fingerprint density at radius 1 is 1.06 bits per heavy atom. The predicted octanol–water partition coefficient (Wildman–Crippen LogP) is 2.02. The molecule has 0 unspecified atom stereocenters. The molecule has 96 valence electrons. The molecule has 3 aliphatic heterocycles. The normalized spacial score (nSPS) is 25.2. The Hall–Kier alpha value is -1.22. The monoisotopic (exact) mass is 245 g/mol. The summed E-state index contributed by atoms with van der Waals surface area (Å²) < 4.78 is 11.5. The van der Waals surface area contributed by atoms with Crippen LogP contribution in [0.25, 0.3) is 0 Å². The van der Waals surface area contributed by atoms with Gasteiger partial charge >= 0.3 is 0 Å². The second-order valence-corrected chi connectivity index (χ2v) is 5.48. The van der Waals surface area contributed by atoms with Crippen LogP contribution in [-0.2, 0) is 12.8 Å². The first-order chi connectivity index (χ1) is 8.93. The zero-order valence-corrected chi connectivity index (χ0v) is 10.6. The fourth-order valence-corrected chi connectivity index (χ4v) is 3.63. The lowest BCUT2D eigenvalue weighted by atomic mass is 9.83. The molecular weight excluding hydrogens is 226 g/mol. The lowest BCUT2D eigenvalue weighted by molar-refractivity contribution is 0.342. The second-order valence-electron chi connectivity index (χ2n) is 5.48. The summed E-state index contributed by atoms with van der Waals surface area (Å²) in [6.45, 7) is 3.96. The molecule has 1 aromatic carbocycles. The summed E-state index contributed by atoms with van der Waals surface area (Å²) in [4.78, 5) is 0. The van der Waals surface area contributed by atoms with Crippen LogP contribution in [0.4, 0.5) is 0 Å². The van der Waals surface area contributed by atoms with Crippen LogP contribution in [0, 0.1) is 0 Å². The van der Waals surface area contributed by atoms with Crippen molar-refractivity contribution < 1.29 is 9.47 Å². The molecule has 0 spiro atoms. The van der Waals surface area contributed by atoms with Crippen LogP contribution >= 0.6 is 0 Å². The summed E-state index contributed by atoms with van der Waals surface area (Å²) in [5.41, 5.74) is 4.49. The van der Waals surface area contributed by atoms with E-state index < -0.39 is 0 Å². The molecule has 18 heavy (non-hydrogen) atoms. The number of rotatable bonds is 1. The summed E-state index contributed by atoms with van der Waals surface area (Å²) in [7, 11) is 0. The van der Waals surface area contributed by atoms with Gasteiger partial charge in [-0.05, 0) is 30.9 Å². The van der Waals surface area contributed by atoms with Gasteiger partial charge in [-0.3, -0.25) is 0 Å². The number of hydrogen-bond acceptors (Lipinski definition) is 3. The number of fused-ring (bicyclic) bond motifs is 2. The van der Waals surface area contributed by atoms with Gasteiger partial charge in [0.05, 0.1) is 13.2 Å². The van der Waals surface area contributed by atoms with Gasteiger partial charge in [-0.1, -0.05) is 0 Å². The maximum Gasteiger partial charge on any atom is 0.126 e. The van der Waals surface area contributed by atoms with Gasteiger partial charge in [0.25, 0.3) is 0 Å². The highest BCUT2D eigenvalue weighted by atomic mass is 16.5. The first-order valence-corrected chi connectivity index (χ1v) is 7.08. The zero-order valence-electron chi connectivity index (χ0n) is 10.6. The number of ether oxygens (including phenoxy) is 2. The Morgan fingerprint density at radius 3 is 2.39 bits per heavy atom. The molecule has 0 aliphatic carbocycles. The summed E-state index contributed by atoms with van der Waals surface area (Å²) in [6.07, 6.45) is 4.74. The molecule has 1 N–H and O–H groups in total. The molecule has 0 saturated carbocycles. The average Bonchev–Trinajstić information content (AvgIpc) is 3.04. The number of benzene rings is 1. The van der Waals surface area contributed by atoms with Crippen LogP contribution in [0.3, 0.4) is 0 Å². The van der Waals surface area contributed by atoms with Crippen molar-refractivity contribution in [2.75, 3.05) is 26.3 Å². The van der Waals surface area contributed by atoms with Gasteiger partial charge < -0.3 is 14.8 Å². The molecule has 0 radical (unpaired) electrons. The molecule has 1 fully saturated rings. The smallest absolute Gasteiger partial charge is 0.126 e. The Bertz CT molecular complexity index is 446. The maximum absolute atomic E-state index is 5.75. The van der Waals surface area contributed by atoms with Gasteiger partial charge in [0.2, 0.25) is 0 Å². The number of hydrogen-bond donors (Lipinski definition) is 1. The molecule has 1 atom stereocenters. The van der Waals surface area contributed by atoms with Gasteiger partial charge in [-0.2, -0.15) is 0 Å². The van der Waals surface area contributed by atoms with Crippen molar-refractivity contribution in [2.45, 2.75) is 31.6 Å². The third kappa shape index (κ3) is 1.53. The van der Waals surface area contributed by atoms with Crippen molar-refractivity contribution in [2.24, 2.45) is 0 Å². The Kier molecular flexibility index (Phi) is 2.47. The van der Waals surface area contributed by atoms with Gasteiger partial charge in [-0.15, -0.1) is 0 Å². The van der Waals surface area contributed by atoms with Crippen molar-refractivity contribution in [1.82, 2.24) is 5.32 Å². The van der Waals surface area contributed by atoms with Gasteiger partial charge in [0, 0.05) is 36.6 Å². The highest BCUT2D eigenvalue weighted by molar-refractivity contribution is 5.57. The second kappa shape index (κ2) is 4.16. The molecule has 0 bridgehead atoms. The fraction of sp³-hybridized carbons (Fsp3) is 0.600. The summed E-state index contributed by atoms with van der Waals surface area (Å²) in [5.74, 6) is 2.82. The SMILES string of the molecule is c1c2c(c([C@@H]3CCCNC3)c3c1OCC3)CCO2. The van der Waals surface area contributed by atoms with Gasteiger partial charge in [0.1, 0.15) is 11.5 Å². The predicted molar refractivity (Wildman–Crippen MR) is 69.7 cm³/mol.